The SMILES string of the molecule is COC(=O)c1cnc(-c2ccc(C(F)(F)F)nc2)cc1CC(=O)N[C@H]1C[C@H](F)CN1C(=O)OC(C)(C)C. The first-order valence-corrected chi connectivity index (χ1v) is 11.2. The summed E-state index contributed by atoms with van der Waals surface area (Å²) in [5.74, 6) is -1.42. The maximum atomic E-state index is 14.1. The Bertz CT molecular complexity index is 1170. The first-order valence-electron chi connectivity index (χ1n) is 11.2. The molecule has 1 aliphatic heterocycles. The van der Waals surface area contributed by atoms with Gasteiger partial charge in [0.05, 0.1) is 31.3 Å². The molecule has 2 aromatic heterocycles. The Labute approximate surface area is 210 Å². The maximum absolute atomic E-state index is 14.1. The number of carbonyl (C=O) groups is 3. The average Bonchev–Trinajstić information content (AvgIpc) is 3.16. The molecule has 2 atom stereocenters. The van der Waals surface area contributed by atoms with Crippen molar-refractivity contribution in [3.8, 4) is 11.3 Å². The quantitative estimate of drug-likeness (QED) is 0.465. The van der Waals surface area contributed by atoms with E-state index in [0.717, 1.165) is 30.5 Å². The predicted molar refractivity (Wildman–Crippen MR) is 122 cm³/mol. The summed E-state index contributed by atoms with van der Waals surface area (Å²) in [5, 5.41) is 2.58. The van der Waals surface area contributed by atoms with Crippen LogP contribution >= 0.6 is 0 Å². The van der Waals surface area contributed by atoms with Gasteiger partial charge in [0, 0.05) is 24.4 Å². The number of likely N-dealkylation sites (tertiary alicyclic amines) is 1. The summed E-state index contributed by atoms with van der Waals surface area (Å²) in [5.41, 5.74) is -1.40. The second kappa shape index (κ2) is 10.7. The van der Waals surface area contributed by atoms with Gasteiger partial charge in [-0.3, -0.25) is 19.7 Å². The van der Waals surface area contributed by atoms with E-state index in [-0.39, 0.29) is 41.8 Å². The number of hydrogen-bond acceptors (Lipinski definition) is 7. The van der Waals surface area contributed by atoms with Crippen LogP contribution in [0.15, 0.2) is 30.6 Å². The number of carbonyl (C=O) groups excluding carboxylic acids is 3. The number of amides is 2. The number of alkyl halides is 4. The largest absolute Gasteiger partial charge is 0.465 e. The maximum Gasteiger partial charge on any atom is 0.433 e. The second-order valence-electron chi connectivity index (χ2n) is 9.37. The van der Waals surface area contributed by atoms with Crippen molar-refractivity contribution in [2.45, 2.75) is 57.7 Å². The standard InChI is InChI=1S/C24H26F4N4O5/c1-23(2,3)37-22(35)32-12-15(25)9-19(32)31-20(33)8-14-7-17(29-11-16(14)21(34)36-4)13-5-6-18(30-10-13)24(26,27)28/h5-7,10-11,15,19H,8-9,12H2,1-4H3,(H,31,33)/t15-,19+/m0/s1. The topological polar surface area (TPSA) is 111 Å². The molecule has 2 amide bonds. The summed E-state index contributed by atoms with van der Waals surface area (Å²) < 4.78 is 62.6. The monoisotopic (exact) mass is 526 g/mol. The fourth-order valence-electron chi connectivity index (χ4n) is 3.66. The van der Waals surface area contributed by atoms with Crippen molar-refractivity contribution in [3.63, 3.8) is 0 Å². The highest BCUT2D eigenvalue weighted by Crippen LogP contribution is 2.29. The number of nitrogens with zero attached hydrogens (tertiary/aromatic N) is 3. The molecule has 0 radical (unpaired) electrons. The number of ether oxygens (including phenoxy) is 2. The van der Waals surface area contributed by atoms with Crippen molar-refractivity contribution in [3.05, 3.63) is 47.4 Å². The molecule has 0 aliphatic carbocycles. The van der Waals surface area contributed by atoms with E-state index < -0.39 is 47.8 Å². The van der Waals surface area contributed by atoms with E-state index in [0.29, 0.717) is 0 Å². The number of rotatable bonds is 5. The van der Waals surface area contributed by atoms with Crippen LogP contribution < -0.4 is 5.32 Å². The number of halogens is 4. The minimum Gasteiger partial charge on any atom is -0.465 e. The van der Waals surface area contributed by atoms with Gasteiger partial charge in [-0.1, -0.05) is 0 Å². The third kappa shape index (κ3) is 7.14. The molecular weight excluding hydrogens is 500 g/mol. The lowest BCUT2D eigenvalue weighted by atomic mass is 10.0. The van der Waals surface area contributed by atoms with E-state index in [9.17, 15) is 31.9 Å². The summed E-state index contributed by atoms with van der Waals surface area (Å²) >= 11 is 0. The van der Waals surface area contributed by atoms with Crippen LogP contribution in [0.5, 0.6) is 0 Å². The molecule has 0 aromatic carbocycles. The molecule has 3 heterocycles. The summed E-state index contributed by atoms with van der Waals surface area (Å²) in [6.07, 6.45) is -6.16. The van der Waals surface area contributed by atoms with Crippen LogP contribution in [0.4, 0.5) is 22.4 Å². The molecule has 37 heavy (non-hydrogen) atoms. The van der Waals surface area contributed by atoms with Gasteiger partial charge in [0.2, 0.25) is 5.91 Å². The Morgan fingerprint density at radius 2 is 1.84 bits per heavy atom. The van der Waals surface area contributed by atoms with Crippen molar-refractivity contribution < 1.29 is 41.4 Å². The molecule has 0 bridgehead atoms. The molecule has 2 aromatic rings. The molecule has 200 valence electrons. The van der Waals surface area contributed by atoms with E-state index in [2.05, 4.69) is 15.3 Å². The second-order valence-corrected chi connectivity index (χ2v) is 9.37. The van der Waals surface area contributed by atoms with E-state index in [1.807, 2.05) is 0 Å². The molecule has 9 nitrogen and oxygen atoms in total. The van der Waals surface area contributed by atoms with E-state index in [4.69, 9.17) is 9.47 Å². The average molecular weight is 526 g/mol. The molecule has 1 fully saturated rings. The zero-order valence-electron chi connectivity index (χ0n) is 20.6. The molecule has 1 N–H and O–H groups in total. The van der Waals surface area contributed by atoms with Crippen molar-refractivity contribution >= 4 is 18.0 Å². The number of pyridine rings is 2. The van der Waals surface area contributed by atoms with Crippen molar-refractivity contribution in [2.75, 3.05) is 13.7 Å². The molecule has 0 unspecified atom stereocenters. The Hall–Kier alpha value is -3.77. The summed E-state index contributed by atoms with van der Waals surface area (Å²) in [7, 11) is 1.14. The van der Waals surface area contributed by atoms with Crippen molar-refractivity contribution in [2.24, 2.45) is 0 Å². The normalized spacial score (nSPS) is 17.9. The van der Waals surface area contributed by atoms with Crippen molar-refractivity contribution in [1.82, 2.24) is 20.2 Å². The molecule has 0 saturated carbocycles. The van der Waals surface area contributed by atoms with Gasteiger partial charge >= 0.3 is 18.2 Å². The zero-order chi connectivity index (χ0) is 27.5. The van der Waals surface area contributed by atoms with Gasteiger partial charge in [-0.05, 0) is 44.5 Å². The zero-order valence-corrected chi connectivity index (χ0v) is 20.6. The van der Waals surface area contributed by atoms with Crippen LogP contribution in [0.3, 0.4) is 0 Å². The van der Waals surface area contributed by atoms with E-state index >= 15 is 0 Å². The third-order valence-corrected chi connectivity index (χ3v) is 5.30. The number of nitrogens with one attached hydrogen (secondary N) is 1. The Morgan fingerprint density at radius 1 is 1.14 bits per heavy atom. The summed E-state index contributed by atoms with van der Waals surface area (Å²) in [4.78, 5) is 46.1. The van der Waals surface area contributed by atoms with Crippen LogP contribution in [0.1, 0.15) is 48.8 Å². The molecular formula is C24H26F4N4O5. The van der Waals surface area contributed by atoms with Gasteiger partial charge < -0.3 is 14.8 Å². The number of aromatic nitrogens is 2. The van der Waals surface area contributed by atoms with Crippen molar-refractivity contribution in [1.29, 1.82) is 0 Å². The fraction of sp³-hybridized carbons (Fsp3) is 0.458. The van der Waals surface area contributed by atoms with Gasteiger partial charge in [0.25, 0.3) is 0 Å². The van der Waals surface area contributed by atoms with Crippen LogP contribution in [-0.2, 0) is 26.9 Å². The van der Waals surface area contributed by atoms with Crippen LogP contribution in [0.2, 0.25) is 0 Å². The van der Waals surface area contributed by atoms with Gasteiger partial charge in [-0.2, -0.15) is 13.2 Å². The lowest BCUT2D eigenvalue weighted by molar-refractivity contribution is -0.141. The highest BCUT2D eigenvalue weighted by molar-refractivity contribution is 5.93. The number of hydrogen-bond donors (Lipinski definition) is 1. The fourth-order valence-corrected chi connectivity index (χ4v) is 3.66. The highest BCUT2D eigenvalue weighted by atomic mass is 19.4. The lowest BCUT2D eigenvalue weighted by Gasteiger charge is -2.28. The van der Waals surface area contributed by atoms with Crippen LogP contribution in [-0.4, -0.2) is 64.4 Å². The molecule has 1 aliphatic rings. The summed E-state index contributed by atoms with van der Waals surface area (Å²) in [6.45, 7) is 4.71. The van der Waals surface area contributed by atoms with Gasteiger partial charge in [-0.15, -0.1) is 0 Å². The summed E-state index contributed by atoms with van der Waals surface area (Å²) in [6, 6.07) is 3.31. The van der Waals surface area contributed by atoms with Gasteiger partial charge in [0.1, 0.15) is 23.6 Å². The molecule has 13 heteroatoms. The smallest absolute Gasteiger partial charge is 0.433 e. The number of esters is 1. The first-order chi connectivity index (χ1) is 17.2. The van der Waals surface area contributed by atoms with Gasteiger partial charge in [-0.25, -0.2) is 14.0 Å². The van der Waals surface area contributed by atoms with Crippen LogP contribution in [0.25, 0.3) is 11.3 Å². The third-order valence-electron chi connectivity index (χ3n) is 5.30. The first kappa shape index (κ1) is 27.8. The molecule has 0 spiro atoms. The van der Waals surface area contributed by atoms with Gasteiger partial charge in [0.15, 0.2) is 0 Å². The number of methoxy groups -OCH3 is 1. The van der Waals surface area contributed by atoms with E-state index in [1.165, 1.54) is 12.1 Å². The van der Waals surface area contributed by atoms with E-state index in [1.54, 1.807) is 20.8 Å². The Kier molecular flexibility index (Phi) is 8.03. The molecule has 1 saturated heterocycles. The Balaban J connectivity index is 1.82. The molecule has 3 rings (SSSR count). The predicted octanol–water partition coefficient (Wildman–Crippen LogP) is 3.91. The minimum absolute atomic E-state index is 0.0416. The highest BCUT2D eigenvalue weighted by Gasteiger charge is 2.38. The van der Waals surface area contributed by atoms with Crippen LogP contribution in [0, 0.1) is 0 Å². The Morgan fingerprint density at radius 3 is 2.41 bits per heavy atom. The minimum atomic E-state index is -4.62. The lowest BCUT2D eigenvalue weighted by Crippen LogP contribution is -2.49.